The van der Waals surface area contributed by atoms with Gasteiger partial charge < -0.3 is 14.5 Å². The smallest absolute Gasteiger partial charge is 0.105 e. The highest BCUT2D eigenvalue weighted by molar-refractivity contribution is 5.23. The third kappa shape index (κ3) is 3.99. The average molecular weight is 225 g/mol. The summed E-state index contributed by atoms with van der Waals surface area (Å²) in [6.07, 6.45) is 0.301. The summed E-state index contributed by atoms with van der Waals surface area (Å²) < 4.78 is 11.0. The van der Waals surface area contributed by atoms with E-state index in [1.54, 1.807) is 0 Å². The summed E-state index contributed by atoms with van der Waals surface area (Å²) in [5.74, 6) is 1.97. The summed E-state index contributed by atoms with van der Waals surface area (Å²) in [5.41, 5.74) is 1.24. The molecule has 1 rings (SSSR count). The fourth-order valence-electron chi connectivity index (χ4n) is 1.76. The maximum Gasteiger partial charge on any atom is 0.105 e. The van der Waals surface area contributed by atoms with Crippen LogP contribution in [0.15, 0.2) is 10.5 Å². The molecule has 0 spiro atoms. The lowest BCUT2D eigenvalue weighted by molar-refractivity contribution is 0.0796. The van der Waals surface area contributed by atoms with E-state index < -0.39 is 0 Å². The molecule has 3 nitrogen and oxygen atoms in total. The van der Waals surface area contributed by atoms with Crippen LogP contribution in [-0.4, -0.2) is 19.3 Å². The van der Waals surface area contributed by atoms with Gasteiger partial charge in [-0.25, -0.2) is 0 Å². The van der Waals surface area contributed by atoms with Gasteiger partial charge in [0.15, 0.2) is 0 Å². The second-order valence-electron chi connectivity index (χ2n) is 4.46. The van der Waals surface area contributed by atoms with E-state index in [0.717, 1.165) is 24.7 Å². The van der Waals surface area contributed by atoms with Gasteiger partial charge in [-0.15, -0.1) is 0 Å². The van der Waals surface area contributed by atoms with Crippen molar-refractivity contribution in [1.29, 1.82) is 0 Å². The summed E-state index contributed by atoms with van der Waals surface area (Å²) in [4.78, 5) is 0. The molecule has 0 aliphatic heterocycles. The SMILES string of the molecule is Cc1cc(C(C)NCCOC(C)C)c(C)o1. The van der Waals surface area contributed by atoms with Crippen LogP contribution in [0.25, 0.3) is 0 Å². The number of nitrogens with one attached hydrogen (secondary N) is 1. The van der Waals surface area contributed by atoms with Crippen molar-refractivity contribution in [3.8, 4) is 0 Å². The molecule has 0 radical (unpaired) electrons. The number of rotatable bonds is 6. The molecule has 1 aromatic heterocycles. The molecule has 1 unspecified atom stereocenters. The average Bonchev–Trinajstić information content (AvgIpc) is 2.52. The largest absolute Gasteiger partial charge is 0.466 e. The fraction of sp³-hybridized carbons (Fsp3) is 0.692. The summed E-state index contributed by atoms with van der Waals surface area (Å²) in [5, 5.41) is 3.42. The van der Waals surface area contributed by atoms with Gasteiger partial charge in [0.05, 0.1) is 12.7 Å². The molecule has 1 N–H and O–H groups in total. The molecule has 1 heterocycles. The predicted molar refractivity (Wildman–Crippen MR) is 65.7 cm³/mol. The maximum atomic E-state index is 5.51. The summed E-state index contributed by atoms with van der Waals surface area (Å²) in [6, 6.07) is 2.41. The Morgan fingerprint density at radius 2 is 2.00 bits per heavy atom. The van der Waals surface area contributed by atoms with E-state index in [4.69, 9.17) is 9.15 Å². The van der Waals surface area contributed by atoms with Crippen LogP contribution in [0.5, 0.6) is 0 Å². The molecule has 1 atom stereocenters. The lowest BCUT2D eigenvalue weighted by Gasteiger charge is -2.14. The van der Waals surface area contributed by atoms with E-state index in [2.05, 4.69) is 18.3 Å². The molecule has 0 bridgehead atoms. The lowest BCUT2D eigenvalue weighted by atomic mass is 10.1. The molecule has 0 saturated carbocycles. The van der Waals surface area contributed by atoms with Crippen molar-refractivity contribution in [2.24, 2.45) is 0 Å². The molecular weight excluding hydrogens is 202 g/mol. The summed E-state index contributed by atoms with van der Waals surface area (Å²) in [6.45, 7) is 11.8. The molecule has 92 valence electrons. The van der Waals surface area contributed by atoms with Crippen molar-refractivity contribution in [2.75, 3.05) is 13.2 Å². The number of hydrogen-bond acceptors (Lipinski definition) is 3. The Morgan fingerprint density at radius 3 is 2.50 bits per heavy atom. The standard InChI is InChI=1S/C13H23NO2/c1-9(2)15-7-6-14-11(4)13-8-10(3)16-12(13)5/h8-9,11,14H,6-7H2,1-5H3. The molecule has 0 aliphatic rings. The van der Waals surface area contributed by atoms with Gasteiger partial charge in [0, 0.05) is 18.2 Å². The van der Waals surface area contributed by atoms with Crippen molar-refractivity contribution < 1.29 is 9.15 Å². The summed E-state index contributed by atoms with van der Waals surface area (Å²) in [7, 11) is 0. The van der Waals surface area contributed by atoms with Crippen LogP contribution in [-0.2, 0) is 4.74 Å². The monoisotopic (exact) mass is 225 g/mol. The first kappa shape index (κ1) is 13.3. The number of furan rings is 1. The minimum absolute atomic E-state index is 0.301. The molecule has 0 fully saturated rings. The first-order valence-electron chi connectivity index (χ1n) is 5.92. The molecule has 16 heavy (non-hydrogen) atoms. The van der Waals surface area contributed by atoms with Crippen LogP contribution in [0.2, 0.25) is 0 Å². The molecular formula is C13H23NO2. The van der Waals surface area contributed by atoms with Gasteiger partial charge in [0.25, 0.3) is 0 Å². The van der Waals surface area contributed by atoms with Crippen LogP contribution in [0.4, 0.5) is 0 Å². The van der Waals surface area contributed by atoms with E-state index in [9.17, 15) is 0 Å². The summed E-state index contributed by atoms with van der Waals surface area (Å²) >= 11 is 0. The van der Waals surface area contributed by atoms with E-state index >= 15 is 0 Å². The van der Waals surface area contributed by atoms with Crippen LogP contribution in [0.3, 0.4) is 0 Å². The third-order valence-corrected chi connectivity index (χ3v) is 2.55. The molecule has 0 aromatic carbocycles. The van der Waals surface area contributed by atoms with Crippen molar-refractivity contribution in [2.45, 2.75) is 46.8 Å². The number of hydrogen-bond donors (Lipinski definition) is 1. The van der Waals surface area contributed by atoms with Crippen molar-refractivity contribution in [3.05, 3.63) is 23.2 Å². The van der Waals surface area contributed by atoms with E-state index in [0.29, 0.717) is 12.1 Å². The second kappa shape index (κ2) is 6.06. The van der Waals surface area contributed by atoms with Gasteiger partial charge in [-0.1, -0.05) is 0 Å². The van der Waals surface area contributed by atoms with Crippen LogP contribution in [0.1, 0.15) is 43.9 Å². The zero-order chi connectivity index (χ0) is 12.1. The Kier molecular flexibility index (Phi) is 5.03. The zero-order valence-electron chi connectivity index (χ0n) is 11.0. The number of ether oxygens (including phenoxy) is 1. The van der Waals surface area contributed by atoms with Crippen molar-refractivity contribution in [3.63, 3.8) is 0 Å². The maximum absolute atomic E-state index is 5.51. The molecule has 0 saturated heterocycles. The Balaban J connectivity index is 2.35. The van der Waals surface area contributed by atoms with Gasteiger partial charge in [0.2, 0.25) is 0 Å². The van der Waals surface area contributed by atoms with Crippen LogP contribution < -0.4 is 5.32 Å². The molecule has 3 heteroatoms. The molecule has 0 amide bonds. The Hall–Kier alpha value is -0.800. The van der Waals surface area contributed by atoms with Gasteiger partial charge >= 0.3 is 0 Å². The Labute approximate surface area is 98.2 Å². The molecule has 0 aliphatic carbocycles. The lowest BCUT2D eigenvalue weighted by Crippen LogP contribution is -2.24. The highest BCUT2D eigenvalue weighted by Crippen LogP contribution is 2.20. The third-order valence-electron chi connectivity index (χ3n) is 2.55. The van der Waals surface area contributed by atoms with Gasteiger partial charge in [-0.2, -0.15) is 0 Å². The number of aryl methyl sites for hydroxylation is 2. The first-order chi connectivity index (χ1) is 7.50. The normalized spacial score (nSPS) is 13.4. The van der Waals surface area contributed by atoms with Gasteiger partial charge in [-0.05, 0) is 40.7 Å². The van der Waals surface area contributed by atoms with Crippen LogP contribution >= 0.6 is 0 Å². The predicted octanol–water partition coefficient (Wildman–Crippen LogP) is 2.97. The van der Waals surface area contributed by atoms with Gasteiger partial charge in [-0.3, -0.25) is 0 Å². The van der Waals surface area contributed by atoms with E-state index in [1.165, 1.54) is 5.56 Å². The fourth-order valence-corrected chi connectivity index (χ4v) is 1.76. The minimum atomic E-state index is 0.301. The Bertz CT molecular complexity index is 318. The van der Waals surface area contributed by atoms with Crippen molar-refractivity contribution >= 4 is 0 Å². The van der Waals surface area contributed by atoms with E-state index in [1.807, 2.05) is 27.7 Å². The minimum Gasteiger partial charge on any atom is -0.466 e. The van der Waals surface area contributed by atoms with Gasteiger partial charge in [0.1, 0.15) is 11.5 Å². The second-order valence-corrected chi connectivity index (χ2v) is 4.46. The van der Waals surface area contributed by atoms with E-state index in [-0.39, 0.29) is 0 Å². The highest BCUT2D eigenvalue weighted by atomic mass is 16.5. The van der Waals surface area contributed by atoms with Crippen LogP contribution in [0, 0.1) is 13.8 Å². The quantitative estimate of drug-likeness (QED) is 0.756. The zero-order valence-corrected chi connectivity index (χ0v) is 11.0. The first-order valence-corrected chi connectivity index (χ1v) is 5.92. The Morgan fingerprint density at radius 1 is 1.31 bits per heavy atom. The topological polar surface area (TPSA) is 34.4 Å². The highest BCUT2D eigenvalue weighted by Gasteiger charge is 2.11. The molecule has 1 aromatic rings. The van der Waals surface area contributed by atoms with Crippen molar-refractivity contribution in [1.82, 2.24) is 5.32 Å².